The molecule has 0 aromatic carbocycles. The fourth-order valence-electron chi connectivity index (χ4n) is 3.31. The second-order valence-electron chi connectivity index (χ2n) is 5.73. The molecule has 0 saturated heterocycles. The fraction of sp³-hybridized carbons (Fsp3) is 0.733. The zero-order valence-electron chi connectivity index (χ0n) is 11.8. The van der Waals surface area contributed by atoms with E-state index >= 15 is 0 Å². The molecule has 1 heterocycles. The number of aliphatic hydroxyl groups is 1. The molecular formula is C15H22N2O2S. The number of thioether (sulfide) groups is 1. The number of nitrogens with zero attached hydrogens (tertiary/aromatic N) is 2. The third-order valence-electron chi connectivity index (χ3n) is 4.32. The lowest BCUT2D eigenvalue weighted by atomic mass is 10.2. The zero-order valence-corrected chi connectivity index (χ0v) is 12.6. The molecule has 1 aromatic rings. The molecule has 1 saturated carbocycles. The highest BCUT2D eigenvalue weighted by atomic mass is 32.2. The summed E-state index contributed by atoms with van der Waals surface area (Å²) >= 11 is 1.83. The Morgan fingerprint density at radius 3 is 2.80 bits per heavy atom. The van der Waals surface area contributed by atoms with Gasteiger partial charge < -0.3 is 5.11 Å². The number of hydrogen-bond acceptors (Lipinski definition) is 4. The molecule has 0 spiro atoms. The maximum Gasteiger partial charge on any atom is 0.348 e. The van der Waals surface area contributed by atoms with Gasteiger partial charge in [-0.15, -0.1) is 11.8 Å². The fourth-order valence-corrected chi connectivity index (χ4v) is 4.68. The topological polar surface area (TPSA) is 55.1 Å². The van der Waals surface area contributed by atoms with Crippen LogP contribution in [0.3, 0.4) is 0 Å². The largest absolute Gasteiger partial charge is 0.396 e. The van der Waals surface area contributed by atoms with E-state index in [1.807, 2.05) is 11.8 Å². The van der Waals surface area contributed by atoms with Crippen LogP contribution in [0.1, 0.15) is 49.8 Å². The highest BCUT2D eigenvalue weighted by Gasteiger charge is 2.25. The molecule has 20 heavy (non-hydrogen) atoms. The van der Waals surface area contributed by atoms with E-state index in [0.717, 1.165) is 24.3 Å². The molecule has 0 atom stereocenters. The van der Waals surface area contributed by atoms with E-state index < -0.39 is 0 Å². The summed E-state index contributed by atoms with van der Waals surface area (Å²) in [7, 11) is 0. The molecule has 0 amide bonds. The minimum absolute atomic E-state index is 0.125. The van der Waals surface area contributed by atoms with Crippen LogP contribution >= 0.6 is 11.8 Å². The molecule has 3 rings (SSSR count). The molecule has 4 nitrogen and oxygen atoms in total. The molecule has 5 heteroatoms. The van der Waals surface area contributed by atoms with Gasteiger partial charge in [0.1, 0.15) is 5.03 Å². The number of fused-ring (bicyclic) bond motifs is 1. The Hall–Kier alpha value is -0.810. The van der Waals surface area contributed by atoms with Crippen LogP contribution in [0.15, 0.2) is 9.82 Å². The van der Waals surface area contributed by atoms with Crippen LogP contribution in [0, 0.1) is 0 Å². The van der Waals surface area contributed by atoms with Crippen molar-refractivity contribution < 1.29 is 5.11 Å². The summed E-state index contributed by atoms with van der Waals surface area (Å²) in [5.74, 6) is 0. The summed E-state index contributed by atoms with van der Waals surface area (Å²) in [5, 5.41) is 10.6. The Morgan fingerprint density at radius 1 is 1.25 bits per heavy atom. The molecular weight excluding hydrogens is 272 g/mol. The third kappa shape index (κ3) is 2.79. The third-order valence-corrected chi connectivity index (χ3v) is 5.69. The van der Waals surface area contributed by atoms with Crippen LogP contribution in [0.2, 0.25) is 0 Å². The van der Waals surface area contributed by atoms with Crippen LogP contribution in [0.25, 0.3) is 0 Å². The predicted octanol–water partition coefficient (Wildman–Crippen LogP) is 2.15. The molecule has 1 fully saturated rings. The predicted molar refractivity (Wildman–Crippen MR) is 80.3 cm³/mol. The lowest BCUT2D eigenvalue weighted by Gasteiger charge is -2.15. The Balaban J connectivity index is 1.90. The van der Waals surface area contributed by atoms with Crippen molar-refractivity contribution in [1.82, 2.24) is 9.55 Å². The summed E-state index contributed by atoms with van der Waals surface area (Å²) in [4.78, 5) is 16.6. The molecule has 1 N–H and O–H groups in total. The van der Waals surface area contributed by atoms with Gasteiger partial charge in [-0.25, -0.2) is 4.79 Å². The number of aromatic nitrogens is 2. The Morgan fingerprint density at radius 2 is 2.05 bits per heavy atom. The van der Waals surface area contributed by atoms with Gasteiger partial charge in [-0.3, -0.25) is 4.57 Å². The summed E-state index contributed by atoms with van der Waals surface area (Å²) in [6, 6.07) is 0. The maximum absolute atomic E-state index is 12.2. The summed E-state index contributed by atoms with van der Waals surface area (Å²) in [6.45, 7) is 0.721. The van der Waals surface area contributed by atoms with Crippen LogP contribution in [-0.4, -0.2) is 26.5 Å². The van der Waals surface area contributed by atoms with Gasteiger partial charge in [-0.2, -0.15) is 4.98 Å². The van der Waals surface area contributed by atoms with Crippen LogP contribution < -0.4 is 5.69 Å². The van der Waals surface area contributed by atoms with E-state index in [1.165, 1.54) is 36.9 Å². The SMILES string of the molecule is O=c1nc(SC2CCCC2)c2c(n1CCCO)CCC2. The Kier molecular flexibility index (Phi) is 4.46. The van der Waals surface area contributed by atoms with Crippen molar-refractivity contribution in [2.75, 3.05) is 6.61 Å². The lowest BCUT2D eigenvalue weighted by Crippen LogP contribution is -2.28. The Labute approximate surface area is 123 Å². The molecule has 0 unspecified atom stereocenters. The minimum atomic E-state index is -0.125. The quantitative estimate of drug-likeness (QED) is 0.846. The average Bonchev–Trinajstić information content (AvgIpc) is 3.09. The summed E-state index contributed by atoms with van der Waals surface area (Å²) < 4.78 is 1.79. The van der Waals surface area contributed by atoms with Gasteiger partial charge in [0.05, 0.1) is 0 Å². The van der Waals surface area contributed by atoms with Crippen molar-refractivity contribution in [3.8, 4) is 0 Å². The van der Waals surface area contributed by atoms with Gasteiger partial charge in [0.25, 0.3) is 0 Å². The zero-order chi connectivity index (χ0) is 13.9. The maximum atomic E-state index is 12.2. The molecule has 2 aliphatic rings. The van der Waals surface area contributed by atoms with Gasteiger partial charge in [0.2, 0.25) is 0 Å². The number of rotatable bonds is 5. The van der Waals surface area contributed by atoms with Crippen molar-refractivity contribution >= 4 is 11.8 Å². The standard InChI is InChI=1S/C15H22N2O2S/c18-10-4-9-17-13-8-3-7-12(13)14(16-15(17)19)20-11-5-1-2-6-11/h11,18H,1-10H2. The first-order valence-electron chi connectivity index (χ1n) is 7.69. The van der Waals surface area contributed by atoms with Gasteiger partial charge in [0.15, 0.2) is 0 Å². The van der Waals surface area contributed by atoms with Crippen molar-refractivity contribution in [1.29, 1.82) is 0 Å². The number of aliphatic hydroxyl groups excluding tert-OH is 1. The van der Waals surface area contributed by atoms with E-state index in [-0.39, 0.29) is 12.3 Å². The monoisotopic (exact) mass is 294 g/mol. The van der Waals surface area contributed by atoms with Gasteiger partial charge >= 0.3 is 5.69 Å². The molecule has 1 aromatic heterocycles. The van der Waals surface area contributed by atoms with Crippen LogP contribution in [0.5, 0.6) is 0 Å². The number of hydrogen-bond donors (Lipinski definition) is 1. The van der Waals surface area contributed by atoms with E-state index in [0.29, 0.717) is 18.2 Å². The molecule has 0 bridgehead atoms. The second kappa shape index (κ2) is 6.31. The van der Waals surface area contributed by atoms with Crippen molar-refractivity contribution in [2.24, 2.45) is 0 Å². The normalized spacial score (nSPS) is 18.6. The summed E-state index contributed by atoms with van der Waals surface area (Å²) in [5.41, 5.74) is 2.36. The van der Waals surface area contributed by atoms with E-state index in [2.05, 4.69) is 4.98 Å². The highest BCUT2D eigenvalue weighted by Crippen LogP contribution is 2.37. The summed E-state index contributed by atoms with van der Waals surface area (Å²) in [6.07, 6.45) is 8.93. The molecule has 110 valence electrons. The minimum Gasteiger partial charge on any atom is -0.396 e. The van der Waals surface area contributed by atoms with E-state index in [9.17, 15) is 4.79 Å². The van der Waals surface area contributed by atoms with Gasteiger partial charge in [-0.1, -0.05) is 12.8 Å². The lowest BCUT2D eigenvalue weighted by molar-refractivity contribution is 0.277. The van der Waals surface area contributed by atoms with E-state index in [4.69, 9.17) is 5.11 Å². The van der Waals surface area contributed by atoms with Crippen molar-refractivity contribution in [3.63, 3.8) is 0 Å². The first-order valence-corrected chi connectivity index (χ1v) is 8.57. The van der Waals surface area contributed by atoms with E-state index in [1.54, 1.807) is 4.57 Å². The van der Waals surface area contributed by atoms with Crippen molar-refractivity contribution in [3.05, 3.63) is 21.7 Å². The Bertz CT molecular complexity index is 535. The molecule has 0 aliphatic heterocycles. The first-order chi connectivity index (χ1) is 9.79. The smallest absolute Gasteiger partial charge is 0.348 e. The molecule has 2 aliphatic carbocycles. The average molecular weight is 294 g/mol. The van der Waals surface area contributed by atoms with Crippen LogP contribution in [-0.2, 0) is 19.4 Å². The second-order valence-corrected chi connectivity index (χ2v) is 7.02. The van der Waals surface area contributed by atoms with Crippen LogP contribution in [0.4, 0.5) is 0 Å². The first kappa shape index (κ1) is 14.1. The van der Waals surface area contributed by atoms with Gasteiger partial charge in [0, 0.05) is 29.7 Å². The van der Waals surface area contributed by atoms with Crippen molar-refractivity contribution in [2.45, 2.75) is 68.2 Å². The highest BCUT2D eigenvalue weighted by molar-refractivity contribution is 7.99. The molecule has 0 radical (unpaired) electrons. The van der Waals surface area contributed by atoms with Gasteiger partial charge in [-0.05, 0) is 38.5 Å².